The van der Waals surface area contributed by atoms with Crippen LogP contribution in [0.2, 0.25) is 0 Å². The molecule has 5 heteroatoms. The van der Waals surface area contributed by atoms with Crippen molar-refractivity contribution in [1.29, 1.82) is 0 Å². The summed E-state index contributed by atoms with van der Waals surface area (Å²) < 4.78 is 5.77. The zero-order chi connectivity index (χ0) is 18.7. The van der Waals surface area contributed by atoms with Crippen molar-refractivity contribution in [1.82, 2.24) is 9.88 Å². The molecule has 1 N–H and O–H groups in total. The molecule has 0 aliphatic heterocycles. The zero-order valence-electron chi connectivity index (χ0n) is 15.2. The highest BCUT2D eigenvalue weighted by Gasteiger charge is 2.16. The number of nitrogens with zero attached hydrogens (tertiary/aromatic N) is 1. The first-order chi connectivity index (χ1) is 12.4. The maximum absolute atomic E-state index is 12.8. The molecule has 0 unspecified atom stereocenters. The van der Waals surface area contributed by atoms with Gasteiger partial charge in [0.05, 0.1) is 12.1 Å². The molecule has 26 heavy (non-hydrogen) atoms. The molecule has 2 aromatic carbocycles. The van der Waals surface area contributed by atoms with Gasteiger partial charge in [0.25, 0.3) is 5.91 Å². The Hall–Kier alpha value is -3.08. The first-order valence-corrected chi connectivity index (χ1v) is 8.52. The van der Waals surface area contributed by atoms with Crippen LogP contribution < -0.4 is 10.3 Å². The van der Waals surface area contributed by atoms with E-state index in [-0.39, 0.29) is 11.5 Å². The third-order valence-electron chi connectivity index (χ3n) is 4.22. The molecule has 0 saturated carbocycles. The van der Waals surface area contributed by atoms with Gasteiger partial charge in [0.2, 0.25) is 5.56 Å². The maximum Gasteiger partial charge on any atom is 0.254 e. The number of ether oxygens (including phenoxy) is 1. The molecule has 134 valence electrons. The lowest BCUT2D eigenvalue weighted by Crippen LogP contribution is -2.31. The van der Waals surface area contributed by atoms with Crippen molar-refractivity contribution in [3.05, 3.63) is 75.6 Å². The number of H-pyrrole nitrogens is 1. The van der Waals surface area contributed by atoms with Gasteiger partial charge >= 0.3 is 0 Å². The van der Waals surface area contributed by atoms with E-state index in [9.17, 15) is 9.59 Å². The Balaban J connectivity index is 1.71. The lowest BCUT2D eigenvalue weighted by Gasteiger charge is -2.18. The van der Waals surface area contributed by atoms with Crippen molar-refractivity contribution in [2.24, 2.45) is 0 Å². The monoisotopic (exact) mass is 350 g/mol. The van der Waals surface area contributed by atoms with Gasteiger partial charge in [0.15, 0.2) is 0 Å². The van der Waals surface area contributed by atoms with Gasteiger partial charge in [-0.1, -0.05) is 24.3 Å². The highest BCUT2D eigenvalue weighted by molar-refractivity contribution is 6.05. The second kappa shape index (κ2) is 7.44. The number of likely N-dealkylation sites (N-methyl/N-ethyl adjacent to an activating group) is 1. The van der Waals surface area contributed by atoms with E-state index in [4.69, 9.17) is 4.74 Å². The fraction of sp³-hybridized carbons (Fsp3) is 0.238. The quantitative estimate of drug-likeness (QED) is 0.768. The van der Waals surface area contributed by atoms with Crippen LogP contribution in [0.15, 0.2) is 53.3 Å². The topological polar surface area (TPSA) is 62.4 Å². The molecule has 0 atom stereocenters. The molecule has 1 amide bonds. The predicted octanol–water partition coefficient (Wildman–Crippen LogP) is 3.30. The van der Waals surface area contributed by atoms with Crippen LogP contribution in [0, 0.1) is 13.8 Å². The van der Waals surface area contributed by atoms with Crippen LogP contribution in [-0.2, 0) is 0 Å². The number of fused-ring (bicyclic) bond motifs is 1. The van der Waals surface area contributed by atoms with Crippen molar-refractivity contribution < 1.29 is 9.53 Å². The van der Waals surface area contributed by atoms with Crippen LogP contribution in [0.3, 0.4) is 0 Å². The molecule has 1 heterocycles. The van der Waals surface area contributed by atoms with E-state index < -0.39 is 0 Å². The maximum atomic E-state index is 12.8. The molecular weight excluding hydrogens is 328 g/mol. The number of amides is 1. The summed E-state index contributed by atoms with van der Waals surface area (Å²) >= 11 is 0. The van der Waals surface area contributed by atoms with Crippen molar-refractivity contribution in [2.45, 2.75) is 13.8 Å². The molecule has 3 rings (SSSR count). The second-order valence-electron chi connectivity index (χ2n) is 6.49. The van der Waals surface area contributed by atoms with E-state index in [1.807, 2.05) is 44.2 Å². The summed E-state index contributed by atoms with van der Waals surface area (Å²) in [5.41, 5.74) is 3.05. The molecule has 5 nitrogen and oxygen atoms in total. The van der Waals surface area contributed by atoms with Gasteiger partial charge in [-0.15, -0.1) is 0 Å². The molecule has 0 aliphatic rings. The van der Waals surface area contributed by atoms with Crippen LogP contribution in [0.4, 0.5) is 0 Å². The average molecular weight is 350 g/mol. The van der Waals surface area contributed by atoms with Crippen LogP contribution in [0.25, 0.3) is 10.9 Å². The van der Waals surface area contributed by atoms with E-state index in [1.54, 1.807) is 18.0 Å². The number of pyridine rings is 1. The van der Waals surface area contributed by atoms with Crippen LogP contribution in [-0.4, -0.2) is 36.0 Å². The number of carbonyl (C=O) groups is 1. The summed E-state index contributed by atoms with van der Waals surface area (Å²) in [5, 5.41) is 0.735. The summed E-state index contributed by atoms with van der Waals surface area (Å²) in [4.78, 5) is 28.9. The first-order valence-electron chi connectivity index (χ1n) is 8.52. The van der Waals surface area contributed by atoms with Crippen LogP contribution >= 0.6 is 0 Å². The van der Waals surface area contributed by atoms with Crippen molar-refractivity contribution in [3.63, 3.8) is 0 Å². The van der Waals surface area contributed by atoms with Crippen molar-refractivity contribution in [2.75, 3.05) is 20.2 Å². The summed E-state index contributed by atoms with van der Waals surface area (Å²) in [6.45, 7) is 4.85. The minimum Gasteiger partial charge on any atom is -0.492 e. The highest BCUT2D eigenvalue weighted by atomic mass is 16.5. The van der Waals surface area contributed by atoms with Gasteiger partial charge in [0, 0.05) is 24.0 Å². The number of nitrogens with one attached hydrogen (secondary N) is 1. The summed E-state index contributed by atoms with van der Waals surface area (Å²) in [6, 6.07) is 14.7. The van der Waals surface area contributed by atoms with Gasteiger partial charge in [-0.3, -0.25) is 9.59 Å². The number of carbonyl (C=O) groups excluding carboxylic acids is 1. The Kier molecular flexibility index (Phi) is 5.07. The number of benzene rings is 2. The number of para-hydroxylation sites is 1. The molecule has 3 aromatic rings. The average Bonchev–Trinajstić information content (AvgIpc) is 2.59. The Morgan fingerprint density at radius 2 is 1.77 bits per heavy atom. The molecule has 0 spiro atoms. The highest BCUT2D eigenvalue weighted by Crippen LogP contribution is 2.17. The Morgan fingerprint density at radius 1 is 1.08 bits per heavy atom. The SMILES string of the molecule is Cc1cc(C)cc(OCCN(C)C(=O)c2cc(=O)[nH]c3ccccc23)c1. The van der Waals surface area contributed by atoms with Gasteiger partial charge in [-0.05, 0) is 43.2 Å². The Bertz CT molecular complexity index is 987. The molecule has 0 aliphatic carbocycles. The predicted molar refractivity (Wildman–Crippen MR) is 103 cm³/mol. The van der Waals surface area contributed by atoms with Crippen molar-refractivity contribution in [3.8, 4) is 5.75 Å². The van der Waals surface area contributed by atoms with E-state index in [1.165, 1.54) is 6.07 Å². The van der Waals surface area contributed by atoms with E-state index in [0.717, 1.165) is 22.3 Å². The minimum atomic E-state index is -0.285. The Morgan fingerprint density at radius 3 is 2.50 bits per heavy atom. The fourth-order valence-electron chi connectivity index (χ4n) is 3.01. The molecule has 0 fully saturated rings. The summed E-state index contributed by atoms with van der Waals surface area (Å²) in [6.07, 6.45) is 0. The normalized spacial score (nSPS) is 10.7. The fourth-order valence-corrected chi connectivity index (χ4v) is 3.01. The first kappa shape index (κ1) is 17.7. The van der Waals surface area contributed by atoms with E-state index in [0.29, 0.717) is 24.2 Å². The number of hydrogen-bond donors (Lipinski definition) is 1. The number of rotatable bonds is 5. The van der Waals surface area contributed by atoms with Gasteiger partial charge in [0.1, 0.15) is 12.4 Å². The third kappa shape index (κ3) is 3.94. The smallest absolute Gasteiger partial charge is 0.254 e. The van der Waals surface area contributed by atoms with Gasteiger partial charge in [-0.25, -0.2) is 0 Å². The lowest BCUT2D eigenvalue weighted by atomic mass is 10.1. The molecular formula is C21H22N2O3. The van der Waals surface area contributed by atoms with Crippen LogP contribution in [0.1, 0.15) is 21.5 Å². The summed E-state index contributed by atoms with van der Waals surface area (Å²) in [7, 11) is 1.71. The van der Waals surface area contributed by atoms with E-state index in [2.05, 4.69) is 11.1 Å². The molecule has 0 radical (unpaired) electrons. The van der Waals surface area contributed by atoms with Gasteiger partial charge in [-0.2, -0.15) is 0 Å². The number of aryl methyl sites for hydroxylation is 2. The van der Waals surface area contributed by atoms with Crippen molar-refractivity contribution >= 4 is 16.8 Å². The largest absolute Gasteiger partial charge is 0.492 e. The number of aromatic amines is 1. The molecule has 1 aromatic heterocycles. The summed E-state index contributed by atoms with van der Waals surface area (Å²) in [5.74, 6) is 0.598. The zero-order valence-corrected chi connectivity index (χ0v) is 15.2. The lowest BCUT2D eigenvalue weighted by molar-refractivity contribution is 0.0775. The van der Waals surface area contributed by atoms with E-state index >= 15 is 0 Å². The second-order valence-corrected chi connectivity index (χ2v) is 6.49. The third-order valence-corrected chi connectivity index (χ3v) is 4.22. The Labute approximate surface area is 152 Å². The molecule has 0 bridgehead atoms. The minimum absolute atomic E-state index is 0.198. The standard InChI is InChI=1S/C21H22N2O3/c1-14-10-15(2)12-16(11-14)26-9-8-23(3)21(25)18-13-20(24)22-19-7-5-4-6-17(18)19/h4-7,10-13H,8-9H2,1-3H3,(H,22,24). The molecule has 0 saturated heterocycles. The van der Waals surface area contributed by atoms with Gasteiger partial charge < -0.3 is 14.6 Å². The number of hydrogen-bond acceptors (Lipinski definition) is 3. The number of aromatic nitrogens is 1. The van der Waals surface area contributed by atoms with Crippen LogP contribution in [0.5, 0.6) is 5.75 Å².